The lowest BCUT2D eigenvalue weighted by molar-refractivity contribution is 0.590. The maximum atomic E-state index is 6.14. The van der Waals surface area contributed by atoms with Gasteiger partial charge in [0.05, 0.1) is 5.69 Å². The van der Waals surface area contributed by atoms with Crippen LogP contribution in [0.5, 0.6) is 0 Å². The maximum absolute atomic E-state index is 6.14. The van der Waals surface area contributed by atoms with E-state index in [-0.39, 0.29) is 5.41 Å². The molecule has 2 nitrogen and oxygen atoms in total. The molecular formula is C25H25NO. The van der Waals surface area contributed by atoms with E-state index in [9.17, 15) is 0 Å². The summed E-state index contributed by atoms with van der Waals surface area (Å²) in [5.74, 6) is 0.878. The van der Waals surface area contributed by atoms with Crippen molar-refractivity contribution >= 4 is 11.0 Å². The van der Waals surface area contributed by atoms with Crippen LogP contribution in [0.1, 0.15) is 37.5 Å². The molecule has 2 aromatic heterocycles. The summed E-state index contributed by atoms with van der Waals surface area (Å²) in [4.78, 5) is 4.70. The van der Waals surface area contributed by atoms with Crippen molar-refractivity contribution in [1.82, 2.24) is 4.98 Å². The van der Waals surface area contributed by atoms with Gasteiger partial charge in [0.15, 0.2) is 0 Å². The van der Waals surface area contributed by atoms with Crippen molar-refractivity contribution in [1.29, 1.82) is 0 Å². The molecule has 0 saturated carbocycles. The molecule has 0 spiro atoms. The molecule has 27 heavy (non-hydrogen) atoms. The van der Waals surface area contributed by atoms with E-state index < -0.39 is 0 Å². The molecule has 2 heterocycles. The summed E-state index contributed by atoms with van der Waals surface area (Å²) in [5, 5.41) is 1.03. The normalized spacial score (nSPS) is 11.9. The Balaban J connectivity index is 1.78. The van der Waals surface area contributed by atoms with Gasteiger partial charge in [0.25, 0.3) is 0 Å². The second kappa shape index (κ2) is 6.38. The second-order valence-corrected chi connectivity index (χ2v) is 8.42. The van der Waals surface area contributed by atoms with E-state index in [0.717, 1.165) is 33.6 Å². The molecule has 4 rings (SSSR count). The van der Waals surface area contributed by atoms with Gasteiger partial charge in [-0.2, -0.15) is 0 Å². The molecule has 136 valence electrons. The highest BCUT2D eigenvalue weighted by atomic mass is 16.3. The first-order valence-electron chi connectivity index (χ1n) is 9.39. The highest BCUT2D eigenvalue weighted by molar-refractivity contribution is 5.85. The van der Waals surface area contributed by atoms with E-state index in [4.69, 9.17) is 9.40 Å². The minimum Gasteiger partial charge on any atom is -0.456 e. The number of nitrogens with zero attached hydrogens (tertiary/aromatic N) is 1. The molecular weight excluding hydrogens is 330 g/mol. The van der Waals surface area contributed by atoms with Crippen LogP contribution in [0.2, 0.25) is 0 Å². The average Bonchev–Trinajstić information content (AvgIpc) is 3.04. The lowest BCUT2D eigenvalue weighted by Crippen LogP contribution is -2.11. The van der Waals surface area contributed by atoms with Crippen molar-refractivity contribution in [3.63, 3.8) is 0 Å². The Labute approximate surface area is 160 Å². The zero-order chi connectivity index (χ0) is 19.2. The quantitative estimate of drug-likeness (QED) is 0.384. The number of furan rings is 1. The molecule has 2 aromatic carbocycles. The van der Waals surface area contributed by atoms with E-state index in [1.165, 1.54) is 16.7 Å². The molecule has 0 fully saturated rings. The van der Waals surface area contributed by atoms with Gasteiger partial charge in [0.1, 0.15) is 11.3 Å². The minimum absolute atomic E-state index is 0.105. The van der Waals surface area contributed by atoms with E-state index in [1.807, 2.05) is 12.3 Å². The number of pyridine rings is 1. The first kappa shape index (κ1) is 17.5. The van der Waals surface area contributed by atoms with Gasteiger partial charge in [0.2, 0.25) is 0 Å². The SMILES string of the molecule is Cc1ccc(-c2cc3cnc(-c4cc(C)cc(C(C)(C)C)c4)cc3o2)cc1. The van der Waals surface area contributed by atoms with Crippen molar-refractivity contribution in [3.05, 3.63) is 77.5 Å². The Hall–Kier alpha value is -2.87. The van der Waals surface area contributed by atoms with Crippen LogP contribution in [0.25, 0.3) is 33.6 Å². The highest BCUT2D eigenvalue weighted by Gasteiger charge is 2.16. The molecule has 0 aliphatic carbocycles. The van der Waals surface area contributed by atoms with E-state index >= 15 is 0 Å². The summed E-state index contributed by atoms with van der Waals surface area (Å²) in [7, 11) is 0. The van der Waals surface area contributed by atoms with Crippen molar-refractivity contribution in [2.45, 2.75) is 40.0 Å². The summed E-state index contributed by atoms with van der Waals surface area (Å²) >= 11 is 0. The Morgan fingerprint density at radius 3 is 2.22 bits per heavy atom. The number of aryl methyl sites for hydroxylation is 2. The first-order valence-corrected chi connectivity index (χ1v) is 9.39. The molecule has 0 unspecified atom stereocenters. The second-order valence-electron chi connectivity index (χ2n) is 8.42. The predicted molar refractivity (Wildman–Crippen MR) is 113 cm³/mol. The van der Waals surface area contributed by atoms with Gasteiger partial charge in [-0.3, -0.25) is 4.98 Å². The minimum atomic E-state index is 0.105. The Bertz CT molecular complexity index is 1110. The highest BCUT2D eigenvalue weighted by Crippen LogP contribution is 2.32. The van der Waals surface area contributed by atoms with Gasteiger partial charge >= 0.3 is 0 Å². The number of fused-ring (bicyclic) bond motifs is 1. The molecule has 0 saturated heterocycles. The van der Waals surface area contributed by atoms with Crippen LogP contribution in [0.3, 0.4) is 0 Å². The Morgan fingerprint density at radius 1 is 0.778 bits per heavy atom. The number of hydrogen-bond acceptors (Lipinski definition) is 2. The Morgan fingerprint density at radius 2 is 1.52 bits per heavy atom. The van der Waals surface area contributed by atoms with Crippen LogP contribution in [0, 0.1) is 13.8 Å². The fourth-order valence-electron chi connectivity index (χ4n) is 3.32. The van der Waals surface area contributed by atoms with Crippen LogP contribution in [0.4, 0.5) is 0 Å². The van der Waals surface area contributed by atoms with Gasteiger partial charge < -0.3 is 4.42 Å². The van der Waals surface area contributed by atoms with Crippen LogP contribution in [-0.2, 0) is 5.41 Å². The van der Waals surface area contributed by atoms with E-state index in [0.29, 0.717) is 0 Å². The number of benzene rings is 2. The summed E-state index contributed by atoms with van der Waals surface area (Å²) in [6.45, 7) is 10.9. The van der Waals surface area contributed by atoms with Crippen LogP contribution in [-0.4, -0.2) is 4.98 Å². The molecule has 0 bridgehead atoms. The third kappa shape index (κ3) is 3.52. The first-order chi connectivity index (χ1) is 12.8. The number of rotatable bonds is 2. The zero-order valence-corrected chi connectivity index (χ0v) is 16.6. The van der Waals surface area contributed by atoms with Crippen LogP contribution < -0.4 is 0 Å². The largest absolute Gasteiger partial charge is 0.456 e. The fourth-order valence-corrected chi connectivity index (χ4v) is 3.32. The summed E-state index contributed by atoms with van der Waals surface area (Å²) in [6, 6.07) is 19.2. The number of aromatic nitrogens is 1. The van der Waals surface area contributed by atoms with Gasteiger partial charge in [-0.1, -0.05) is 62.2 Å². The van der Waals surface area contributed by atoms with Crippen molar-refractivity contribution in [3.8, 4) is 22.6 Å². The molecule has 0 atom stereocenters. The van der Waals surface area contributed by atoms with Crippen molar-refractivity contribution < 1.29 is 4.42 Å². The predicted octanol–water partition coefficient (Wildman–Crippen LogP) is 7.08. The van der Waals surface area contributed by atoms with E-state index in [2.05, 4.69) is 83.1 Å². The molecule has 2 heteroatoms. The molecule has 0 radical (unpaired) electrons. The summed E-state index contributed by atoms with van der Waals surface area (Å²) in [5.41, 5.74) is 7.95. The third-order valence-corrected chi connectivity index (χ3v) is 4.98. The van der Waals surface area contributed by atoms with Crippen LogP contribution in [0.15, 0.2) is 65.2 Å². The topological polar surface area (TPSA) is 26.0 Å². The van der Waals surface area contributed by atoms with Crippen molar-refractivity contribution in [2.24, 2.45) is 0 Å². The Kier molecular flexibility index (Phi) is 4.15. The van der Waals surface area contributed by atoms with Gasteiger partial charge in [-0.05, 0) is 43.0 Å². The lowest BCUT2D eigenvalue weighted by Gasteiger charge is -2.20. The molecule has 0 aliphatic rings. The van der Waals surface area contributed by atoms with Crippen LogP contribution >= 0.6 is 0 Å². The fraction of sp³-hybridized carbons (Fsp3) is 0.240. The molecule has 0 amide bonds. The molecule has 0 N–H and O–H groups in total. The smallest absolute Gasteiger partial charge is 0.138 e. The number of hydrogen-bond donors (Lipinski definition) is 0. The average molecular weight is 355 g/mol. The molecule has 4 aromatic rings. The van der Waals surface area contributed by atoms with Gasteiger partial charge in [-0.25, -0.2) is 0 Å². The van der Waals surface area contributed by atoms with Crippen molar-refractivity contribution in [2.75, 3.05) is 0 Å². The van der Waals surface area contributed by atoms with E-state index in [1.54, 1.807) is 0 Å². The van der Waals surface area contributed by atoms with Gasteiger partial charge in [-0.15, -0.1) is 0 Å². The maximum Gasteiger partial charge on any atom is 0.138 e. The summed E-state index contributed by atoms with van der Waals surface area (Å²) in [6.07, 6.45) is 1.91. The lowest BCUT2D eigenvalue weighted by atomic mass is 9.85. The molecule has 0 aliphatic heterocycles. The third-order valence-electron chi connectivity index (χ3n) is 4.98. The standard InChI is InChI=1S/C25H25NO/c1-16-6-8-18(9-7-16)23-13-20-15-26-22(14-24(20)27-23)19-10-17(2)11-21(12-19)25(3,4)5/h6-15H,1-5H3. The summed E-state index contributed by atoms with van der Waals surface area (Å²) < 4.78 is 6.14. The van der Waals surface area contributed by atoms with Gasteiger partial charge in [0, 0.05) is 28.8 Å². The zero-order valence-electron chi connectivity index (χ0n) is 16.6. The monoisotopic (exact) mass is 355 g/mol.